The molecule has 0 unspecified atom stereocenters. The highest BCUT2D eigenvalue weighted by Crippen LogP contribution is 2.22. The van der Waals surface area contributed by atoms with Gasteiger partial charge in [-0.15, -0.1) is 0 Å². The lowest BCUT2D eigenvalue weighted by atomic mass is 9.89. The highest BCUT2D eigenvalue weighted by atomic mass is 16.2. The third-order valence-corrected chi connectivity index (χ3v) is 3.74. The van der Waals surface area contributed by atoms with Crippen LogP contribution in [0.3, 0.4) is 0 Å². The quantitative estimate of drug-likeness (QED) is 0.591. The lowest BCUT2D eigenvalue weighted by molar-refractivity contribution is -0.128. The minimum absolute atomic E-state index is 0.00208. The average Bonchev–Trinajstić information content (AvgIpc) is 2.54. The van der Waals surface area contributed by atoms with E-state index in [4.69, 9.17) is 0 Å². The van der Waals surface area contributed by atoms with E-state index >= 15 is 0 Å². The van der Waals surface area contributed by atoms with Crippen molar-refractivity contribution in [2.75, 3.05) is 27.2 Å². The van der Waals surface area contributed by atoms with Gasteiger partial charge < -0.3 is 15.5 Å². The van der Waals surface area contributed by atoms with Crippen molar-refractivity contribution in [1.82, 2.24) is 15.5 Å². The first-order valence-electron chi connectivity index (χ1n) is 7.18. The first-order chi connectivity index (χ1) is 10.1. The number of carbonyl (C=O) groups is 1. The standard InChI is InChI=1S/C16H24N4O/c1-4-5-6-14(7-10-18-2)15(21)20-11-8-16(13-17,19-3)9-12-20/h4-7,10,18-19H,8-9,11-12H2,1-3H3/b5-4+,10-7-,14-6+. The Morgan fingerprint density at radius 2 is 2.00 bits per heavy atom. The number of piperidine rings is 1. The van der Waals surface area contributed by atoms with Crippen LogP contribution in [0, 0.1) is 11.3 Å². The van der Waals surface area contributed by atoms with Crippen molar-refractivity contribution in [3.63, 3.8) is 0 Å². The Morgan fingerprint density at radius 1 is 1.33 bits per heavy atom. The fourth-order valence-electron chi connectivity index (χ4n) is 2.26. The number of allylic oxidation sites excluding steroid dienone is 3. The second-order valence-electron chi connectivity index (χ2n) is 5.01. The molecule has 0 aromatic carbocycles. The van der Waals surface area contributed by atoms with Gasteiger partial charge in [0.25, 0.3) is 5.91 Å². The maximum atomic E-state index is 12.5. The Bertz CT molecular complexity index is 477. The summed E-state index contributed by atoms with van der Waals surface area (Å²) in [6.45, 7) is 3.09. The zero-order valence-electron chi connectivity index (χ0n) is 13.0. The summed E-state index contributed by atoms with van der Waals surface area (Å²) in [5, 5.41) is 15.2. The first-order valence-corrected chi connectivity index (χ1v) is 7.18. The number of nitrogens with one attached hydrogen (secondary N) is 2. The third kappa shape index (κ3) is 4.47. The molecule has 0 aromatic heterocycles. The molecule has 1 amide bonds. The van der Waals surface area contributed by atoms with E-state index in [1.54, 1.807) is 32.4 Å². The molecule has 1 aliphatic rings. The molecular formula is C16H24N4O. The summed E-state index contributed by atoms with van der Waals surface area (Å²) < 4.78 is 0. The van der Waals surface area contributed by atoms with E-state index in [9.17, 15) is 10.1 Å². The molecule has 0 bridgehead atoms. The first kappa shape index (κ1) is 17.0. The summed E-state index contributed by atoms with van der Waals surface area (Å²) >= 11 is 0. The lowest BCUT2D eigenvalue weighted by Gasteiger charge is -2.37. The minimum Gasteiger partial charge on any atom is -0.394 e. The van der Waals surface area contributed by atoms with Crippen molar-refractivity contribution in [3.05, 3.63) is 36.1 Å². The molecule has 5 nitrogen and oxygen atoms in total. The molecule has 1 fully saturated rings. The van der Waals surface area contributed by atoms with Crippen LogP contribution in [0.25, 0.3) is 0 Å². The number of rotatable bonds is 5. The van der Waals surface area contributed by atoms with Crippen molar-refractivity contribution in [3.8, 4) is 6.07 Å². The number of nitriles is 1. The highest BCUT2D eigenvalue weighted by molar-refractivity contribution is 5.96. The molecule has 21 heavy (non-hydrogen) atoms. The molecule has 1 aliphatic heterocycles. The van der Waals surface area contributed by atoms with Gasteiger partial charge in [0, 0.05) is 25.7 Å². The molecule has 5 heteroatoms. The molecule has 1 saturated heterocycles. The van der Waals surface area contributed by atoms with Crippen LogP contribution >= 0.6 is 0 Å². The number of hydrogen-bond acceptors (Lipinski definition) is 4. The maximum Gasteiger partial charge on any atom is 0.253 e. The second-order valence-corrected chi connectivity index (χ2v) is 5.01. The van der Waals surface area contributed by atoms with Gasteiger partial charge in [0.1, 0.15) is 5.54 Å². The monoisotopic (exact) mass is 288 g/mol. The van der Waals surface area contributed by atoms with Crippen molar-refractivity contribution >= 4 is 5.91 Å². The molecular weight excluding hydrogens is 264 g/mol. The van der Waals surface area contributed by atoms with Crippen molar-refractivity contribution in [2.24, 2.45) is 0 Å². The van der Waals surface area contributed by atoms with E-state index < -0.39 is 5.54 Å². The molecule has 2 N–H and O–H groups in total. The van der Waals surface area contributed by atoms with Crippen LogP contribution < -0.4 is 10.6 Å². The smallest absolute Gasteiger partial charge is 0.253 e. The highest BCUT2D eigenvalue weighted by Gasteiger charge is 2.34. The number of carbonyl (C=O) groups excluding carboxylic acids is 1. The Labute approximate surface area is 127 Å². The summed E-state index contributed by atoms with van der Waals surface area (Å²) in [4.78, 5) is 14.3. The largest absolute Gasteiger partial charge is 0.394 e. The molecule has 0 saturated carbocycles. The fourth-order valence-corrected chi connectivity index (χ4v) is 2.26. The third-order valence-electron chi connectivity index (χ3n) is 3.74. The summed E-state index contributed by atoms with van der Waals surface area (Å²) in [5.74, 6) is 0.00208. The van der Waals surface area contributed by atoms with Gasteiger partial charge in [0.2, 0.25) is 0 Å². The minimum atomic E-state index is -0.495. The Kier molecular flexibility index (Phi) is 6.70. The van der Waals surface area contributed by atoms with Gasteiger partial charge >= 0.3 is 0 Å². The number of likely N-dealkylation sites (tertiary alicyclic amines) is 1. The van der Waals surface area contributed by atoms with E-state index in [1.807, 2.05) is 24.0 Å². The zero-order chi connectivity index (χ0) is 15.7. The van der Waals surface area contributed by atoms with Gasteiger partial charge in [-0.25, -0.2) is 0 Å². The molecule has 114 valence electrons. The molecule has 0 radical (unpaired) electrons. The average molecular weight is 288 g/mol. The van der Waals surface area contributed by atoms with Gasteiger partial charge in [-0.2, -0.15) is 5.26 Å². The van der Waals surface area contributed by atoms with Gasteiger partial charge in [-0.1, -0.05) is 12.2 Å². The molecule has 0 aromatic rings. The molecule has 1 heterocycles. The fraction of sp³-hybridized carbons (Fsp3) is 0.500. The second kappa shape index (κ2) is 8.28. The van der Waals surface area contributed by atoms with Crippen molar-refractivity contribution < 1.29 is 4.79 Å². The van der Waals surface area contributed by atoms with Gasteiger partial charge in [0.05, 0.1) is 6.07 Å². The topological polar surface area (TPSA) is 68.2 Å². The van der Waals surface area contributed by atoms with Crippen LogP contribution in [0.4, 0.5) is 0 Å². The SMILES string of the molecule is C/C=C/C=C(\C=C/NC)C(=O)N1CCC(C#N)(NC)CC1. The van der Waals surface area contributed by atoms with Gasteiger partial charge in [-0.05, 0) is 45.2 Å². The van der Waals surface area contributed by atoms with Crippen LogP contribution in [-0.2, 0) is 4.79 Å². The van der Waals surface area contributed by atoms with Crippen LogP contribution in [0.2, 0.25) is 0 Å². The Morgan fingerprint density at radius 3 is 2.48 bits per heavy atom. The summed E-state index contributed by atoms with van der Waals surface area (Å²) in [5.41, 5.74) is 0.140. The van der Waals surface area contributed by atoms with Crippen LogP contribution in [0.1, 0.15) is 19.8 Å². The predicted octanol–water partition coefficient (Wildman–Crippen LogP) is 1.33. The van der Waals surface area contributed by atoms with E-state index in [0.29, 0.717) is 31.5 Å². The summed E-state index contributed by atoms with van der Waals surface area (Å²) in [6.07, 6.45) is 10.4. The normalized spacial score (nSPS) is 19.0. The number of amides is 1. The van der Waals surface area contributed by atoms with Crippen LogP contribution in [0.15, 0.2) is 36.1 Å². The molecule has 0 aliphatic carbocycles. The van der Waals surface area contributed by atoms with Crippen LogP contribution in [0.5, 0.6) is 0 Å². The van der Waals surface area contributed by atoms with Crippen molar-refractivity contribution in [2.45, 2.75) is 25.3 Å². The van der Waals surface area contributed by atoms with E-state index in [0.717, 1.165) is 0 Å². The lowest BCUT2D eigenvalue weighted by Crippen LogP contribution is -2.52. The Balaban J connectivity index is 2.79. The molecule has 0 spiro atoms. The number of nitrogens with zero attached hydrogens (tertiary/aromatic N) is 2. The van der Waals surface area contributed by atoms with Crippen LogP contribution in [-0.4, -0.2) is 43.5 Å². The molecule has 0 atom stereocenters. The number of hydrogen-bond donors (Lipinski definition) is 2. The molecule has 1 rings (SSSR count). The van der Waals surface area contributed by atoms with E-state index in [-0.39, 0.29) is 5.91 Å². The summed E-state index contributed by atoms with van der Waals surface area (Å²) in [7, 11) is 3.59. The zero-order valence-corrected chi connectivity index (χ0v) is 13.0. The summed E-state index contributed by atoms with van der Waals surface area (Å²) in [6, 6.07) is 2.33. The van der Waals surface area contributed by atoms with Crippen molar-refractivity contribution in [1.29, 1.82) is 5.26 Å². The van der Waals surface area contributed by atoms with Gasteiger partial charge in [0.15, 0.2) is 0 Å². The van der Waals surface area contributed by atoms with Gasteiger partial charge in [-0.3, -0.25) is 4.79 Å². The van der Waals surface area contributed by atoms with E-state index in [2.05, 4.69) is 16.7 Å². The maximum absolute atomic E-state index is 12.5. The van der Waals surface area contributed by atoms with E-state index in [1.165, 1.54) is 0 Å². The Hall–Kier alpha value is -2.06. The predicted molar refractivity (Wildman–Crippen MR) is 84.3 cm³/mol.